The minimum absolute atomic E-state index is 0.0445. The van der Waals surface area contributed by atoms with Crippen molar-refractivity contribution < 1.29 is 4.79 Å². The molecule has 0 aliphatic carbocycles. The second-order valence-electron chi connectivity index (χ2n) is 17.5. The molecule has 0 unspecified atom stereocenters. The minimum atomic E-state index is 0.0445. The molecule has 8 aromatic rings. The zero-order valence-corrected chi connectivity index (χ0v) is 33.5. The van der Waals surface area contributed by atoms with Crippen LogP contribution < -0.4 is 0 Å². The molecule has 0 amide bonds. The number of carbonyl (C=O) groups excluding carboxylic acids is 1. The zero-order valence-electron chi connectivity index (χ0n) is 33.5. The molecule has 0 N–H and O–H groups in total. The summed E-state index contributed by atoms with van der Waals surface area (Å²) in [5.74, 6) is 0.0564. The highest BCUT2D eigenvalue weighted by atomic mass is 16.1. The Labute approximate surface area is 320 Å². The van der Waals surface area contributed by atoms with Crippen LogP contribution in [-0.2, 0) is 10.8 Å². The van der Waals surface area contributed by atoms with Crippen molar-refractivity contribution in [3.63, 3.8) is 0 Å². The van der Waals surface area contributed by atoms with Gasteiger partial charge in [0.15, 0.2) is 5.78 Å². The Kier molecular flexibility index (Phi) is 8.42. The van der Waals surface area contributed by atoms with Crippen LogP contribution in [0, 0.1) is 27.7 Å². The van der Waals surface area contributed by atoms with Gasteiger partial charge in [-0.1, -0.05) is 163 Å². The van der Waals surface area contributed by atoms with E-state index in [1.165, 1.54) is 55.6 Å². The third-order valence-electron chi connectivity index (χ3n) is 11.6. The molecule has 0 atom stereocenters. The Morgan fingerprint density at radius 3 is 0.796 bits per heavy atom. The van der Waals surface area contributed by atoms with Gasteiger partial charge in [-0.2, -0.15) is 0 Å². The van der Waals surface area contributed by atoms with Gasteiger partial charge >= 0.3 is 0 Å². The van der Waals surface area contributed by atoms with Gasteiger partial charge in [0, 0.05) is 11.1 Å². The smallest absolute Gasteiger partial charge is 0.195 e. The summed E-state index contributed by atoms with van der Waals surface area (Å²) in [5, 5.41) is 8.34. The molecular weight excluding hydrogens is 653 g/mol. The normalized spacial score (nSPS) is 12.3. The molecule has 0 saturated heterocycles. The van der Waals surface area contributed by atoms with Crippen molar-refractivity contribution in [3.05, 3.63) is 166 Å². The van der Waals surface area contributed by atoms with Gasteiger partial charge in [-0.15, -0.1) is 0 Å². The number of hydrogen-bond donors (Lipinski definition) is 0. The van der Waals surface area contributed by atoms with E-state index in [2.05, 4.69) is 191 Å². The van der Waals surface area contributed by atoms with Crippen LogP contribution in [0.25, 0.3) is 65.3 Å². The second kappa shape index (κ2) is 12.8. The van der Waals surface area contributed by atoms with Gasteiger partial charge in [0.05, 0.1) is 0 Å². The Morgan fingerprint density at radius 2 is 0.574 bits per heavy atom. The van der Waals surface area contributed by atoms with Crippen LogP contribution in [0.4, 0.5) is 0 Å². The lowest BCUT2D eigenvalue weighted by Crippen LogP contribution is -2.12. The number of hydrogen-bond acceptors (Lipinski definition) is 1. The quantitative estimate of drug-likeness (QED) is 0.132. The summed E-state index contributed by atoms with van der Waals surface area (Å²) in [4.78, 5) is 15.8. The van der Waals surface area contributed by atoms with Crippen molar-refractivity contribution in [1.82, 2.24) is 0 Å². The zero-order chi connectivity index (χ0) is 38.3. The van der Waals surface area contributed by atoms with Gasteiger partial charge in [-0.25, -0.2) is 0 Å². The van der Waals surface area contributed by atoms with Crippen LogP contribution in [0.3, 0.4) is 0 Å². The summed E-state index contributed by atoms with van der Waals surface area (Å²) in [6, 6.07) is 43.6. The van der Waals surface area contributed by atoms with Crippen molar-refractivity contribution in [1.29, 1.82) is 0 Å². The number of fused-ring (bicyclic) bond motifs is 4. The van der Waals surface area contributed by atoms with Crippen molar-refractivity contribution in [2.75, 3.05) is 0 Å². The van der Waals surface area contributed by atoms with Crippen molar-refractivity contribution >= 4 is 48.9 Å². The molecule has 0 aliphatic rings. The summed E-state index contributed by atoms with van der Waals surface area (Å²) >= 11 is 0. The van der Waals surface area contributed by atoms with Gasteiger partial charge in [0.25, 0.3) is 0 Å². The first-order chi connectivity index (χ1) is 25.7. The second-order valence-corrected chi connectivity index (χ2v) is 17.5. The Balaban J connectivity index is 1.46. The topological polar surface area (TPSA) is 17.1 Å². The lowest BCUT2D eigenvalue weighted by Gasteiger charge is -2.25. The molecule has 0 bridgehead atoms. The number of aryl methyl sites for hydroxylation is 4. The van der Waals surface area contributed by atoms with Crippen molar-refractivity contribution in [2.45, 2.75) is 80.1 Å². The van der Waals surface area contributed by atoms with Crippen molar-refractivity contribution in [3.8, 4) is 22.3 Å². The highest BCUT2D eigenvalue weighted by Gasteiger charge is 2.28. The Bertz CT molecular complexity index is 2480. The standard InChI is InChI=1S/C53H50O/c1-31-27-35(52(5,6)7)28-32(2)45(31)47-37-19-11-15-23-41(37)49(42-24-16-12-20-38(42)47)51(54)50-43-25-17-13-21-39(43)48(40-22-14-18-26-44(40)50)46-33(3)29-36(30-34(46)4)53(8,9)10/h11-30H,1-10H3. The number of carbonyl (C=O) groups is 1. The molecule has 0 radical (unpaired) electrons. The Hall–Kier alpha value is -5.53. The van der Waals surface area contributed by atoms with Crippen LogP contribution in [0.1, 0.15) is 90.8 Å². The summed E-state index contributed by atoms with van der Waals surface area (Å²) in [6.45, 7) is 22.6. The van der Waals surface area contributed by atoms with E-state index in [4.69, 9.17) is 0 Å². The van der Waals surface area contributed by atoms with Gasteiger partial charge in [-0.3, -0.25) is 4.79 Å². The molecule has 0 saturated carbocycles. The van der Waals surface area contributed by atoms with Gasteiger partial charge < -0.3 is 0 Å². The SMILES string of the molecule is Cc1cc(C(C)(C)C)cc(C)c1-c1c2ccccc2c(C(=O)c2c3ccccc3c(-c3c(C)cc(C(C)(C)C)cc3C)c3ccccc23)c2ccccc12. The summed E-state index contributed by atoms with van der Waals surface area (Å²) < 4.78 is 0. The molecule has 0 aliphatic heterocycles. The van der Waals surface area contributed by atoms with E-state index in [1.807, 2.05) is 0 Å². The van der Waals surface area contributed by atoms with E-state index < -0.39 is 0 Å². The monoisotopic (exact) mass is 702 g/mol. The van der Waals surface area contributed by atoms with Crippen molar-refractivity contribution in [2.24, 2.45) is 0 Å². The molecule has 0 fully saturated rings. The van der Waals surface area contributed by atoms with Crippen LogP contribution in [0.5, 0.6) is 0 Å². The molecule has 1 heteroatoms. The maximum Gasteiger partial charge on any atom is 0.195 e. The first-order valence-corrected chi connectivity index (χ1v) is 19.3. The lowest BCUT2D eigenvalue weighted by atomic mass is 9.78. The largest absolute Gasteiger partial charge is 0.289 e. The van der Waals surface area contributed by atoms with E-state index in [-0.39, 0.29) is 16.6 Å². The summed E-state index contributed by atoms with van der Waals surface area (Å²) in [6.07, 6.45) is 0. The van der Waals surface area contributed by atoms with Gasteiger partial charge in [0.1, 0.15) is 0 Å². The minimum Gasteiger partial charge on any atom is -0.289 e. The van der Waals surface area contributed by atoms with Crippen LogP contribution in [0.2, 0.25) is 0 Å². The molecule has 8 rings (SSSR count). The van der Waals surface area contributed by atoms with Crippen LogP contribution in [0.15, 0.2) is 121 Å². The molecule has 0 aromatic heterocycles. The predicted molar refractivity (Wildman–Crippen MR) is 234 cm³/mol. The lowest BCUT2D eigenvalue weighted by molar-refractivity contribution is 0.104. The molecule has 54 heavy (non-hydrogen) atoms. The summed E-state index contributed by atoms with van der Waals surface area (Å²) in [7, 11) is 0. The van der Waals surface area contributed by atoms with Gasteiger partial charge in [-0.05, 0) is 137 Å². The van der Waals surface area contributed by atoms with E-state index >= 15 is 4.79 Å². The highest BCUT2D eigenvalue weighted by Crippen LogP contribution is 2.47. The van der Waals surface area contributed by atoms with Crippen LogP contribution in [-0.4, -0.2) is 5.78 Å². The van der Waals surface area contributed by atoms with E-state index in [0.29, 0.717) is 0 Å². The highest BCUT2D eigenvalue weighted by molar-refractivity contribution is 6.35. The fourth-order valence-corrected chi connectivity index (χ4v) is 8.99. The van der Waals surface area contributed by atoms with Gasteiger partial charge in [0.2, 0.25) is 0 Å². The van der Waals surface area contributed by atoms with Crippen LogP contribution >= 0.6 is 0 Å². The van der Waals surface area contributed by atoms with E-state index in [1.54, 1.807) is 0 Å². The molecule has 0 heterocycles. The number of rotatable bonds is 4. The first kappa shape index (κ1) is 35.5. The van der Waals surface area contributed by atoms with E-state index in [0.717, 1.165) is 54.2 Å². The summed E-state index contributed by atoms with van der Waals surface area (Å²) in [5.41, 5.74) is 14.2. The first-order valence-electron chi connectivity index (χ1n) is 19.3. The number of benzene rings is 8. The maximum atomic E-state index is 15.8. The third kappa shape index (κ3) is 5.64. The molecule has 268 valence electrons. The molecule has 8 aromatic carbocycles. The average molecular weight is 703 g/mol. The third-order valence-corrected chi connectivity index (χ3v) is 11.6. The fraction of sp³-hybridized carbons (Fsp3) is 0.226. The van der Waals surface area contributed by atoms with E-state index in [9.17, 15) is 0 Å². The predicted octanol–water partition coefficient (Wildman–Crippen LogP) is 14.7. The average Bonchev–Trinajstić information content (AvgIpc) is 3.12. The molecule has 0 spiro atoms. The Morgan fingerprint density at radius 1 is 0.352 bits per heavy atom. The number of ketones is 1. The molecular formula is C53H50O. The maximum absolute atomic E-state index is 15.8. The molecule has 1 nitrogen and oxygen atoms in total. The fourth-order valence-electron chi connectivity index (χ4n) is 8.99.